The SMILES string of the molecule is O=C(CN1CCN(C(=O)C2CCCO2)CC1)NCC(F)(F)F. The summed E-state index contributed by atoms with van der Waals surface area (Å²) in [6.45, 7) is 1.07. The maximum absolute atomic E-state index is 12.1. The quantitative estimate of drug-likeness (QED) is 0.790. The van der Waals surface area contributed by atoms with Crippen LogP contribution in [0, 0.1) is 0 Å². The Kier molecular flexibility index (Phi) is 5.63. The first kappa shape index (κ1) is 17.0. The van der Waals surface area contributed by atoms with E-state index in [1.165, 1.54) is 0 Å². The van der Waals surface area contributed by atoms with Crippen LogP contribution in [0.15, 0.2) is 0 Å². The molecule has 0 aromatic carbocycles. The van der Waals surface area contributed by atoms with Crippen molar-refractivity contribution in [3.05, 3.63) is 0 Å². The van der Waals surface area contributed by atoms with Crippen molar-refractivity contribution >= 4 is 11.8 Å². The first-order chi connectivity index (χ1) is 10.3. The first-order valence-electron chi connectivity index (χ1n) is 7.31. The van der Waals surface area contributed by atoms with E-state index in [2.05, 4.69) is 0 Å². The Morgan fingerprint density at radius 2 is 1.86 bits per heavy atom. The zero-order valence-corrected chi connectivity index (χ0v) is 12.2. The fraction of sp³-hybridized carbons (Fsp3) is 0.846. The van der Waals surface area contributed by atoms with E-state index in [1.54, 1.807) is 9.80 Å². The number of ether oxygens (including phenoxy) is 1. The third kappa shape index (κ3) is 5.13. The summed E-state index contributed by atoms with van der Waals surface area (Å²) < 4.78 is 41.3. The number of halogens is 3. The van der Waals surface area contributed by atoms with Crippen LogP contribution in [0.25, 0.3) is 0 Å². The standard InChI is InChI=1S/C13H20F3N3O3/c14-13(15,16)9-17-11(20)8-18-3-5-19(6-4-18)12(21)10-2-1-7-22-10/h10H,1-9H2,(H,17,20). The predicted molar refractivity (Wildman–Crippen MR) is 71.1 cm³/mol. The van der Waals surface area contributed by atoms with Gasteiger partial charge >= 0.3 is 6.18 Å². The Bertz CT molecular complexity index is 403. The monoisotopic (exact) mass is 323 g/mol. The molecule has 2 saturated heterocycles. The van der Waals surface area contributed by atoms with Crippen molar-refractivity contribution in [1.29, 1.82) is 0 Å². The number of carbonyl (C=O) groups excluding carboxylic acids is 2. The van der Waals surface area contributed by atoms with Crippen molar-refractivity contribution in [3.8, 4) is 0 Å². The van der Waals surface area contributed by atoms with E-state index in [1.807, 2.05) is 5.32 Å². The summed E-state index contributed by atoms with van der Waals surface area (Å²) in [6.07, 6.45) is -3.14. The fourth-order valence-corrected chi connectivity index (χ4v) is 2.56. The molecule has 0 aliphatic carbocycles. The van der Waals surface area contributed by atoms with Gasteiger partial charge in [0.25, 0.3) is 5.91 Å². The van der Waals surface area contributed by atoms with Crippen LogP contribution in [0.2, 0.25) is 0 Å². The van der Waals surface area contributed by atoms with Gasteiger partial charge < -0.3 is 15.0 Å². The molecular formula is C13H20F3N3O3. The number of nitrogens with one attached hydrogen (secondary N) is 1. The second-order valence-corrected chi connectivity index (χ2v) is 5.50. The van der Waals surface area contributed by atoms with Gasteiger partial charge in [0.15, 0.2) is 0 Å². The molecule has 126 valence electrons. The van der Waals surface area contributed by atoms with Crippen molar-refractivity contribution in [2.24, 2.45) is 0 Å². The Balaban J connectivity index is 1.68. The molecule has 2 rings (SSSR count). The minimum atomic E-state index is -4.40. The van der Waals surface area contributed by atoms with Gasteiger partial charge in [-0.1, -0.05) is 0 Å². The van der Waals surface area contributed by atoms with E-state index in [4.69, 9.17) is 4.74 Å². The van der Waals surface area contributed by atoms with E-state index >= 15 is 0 Å². The van der Waals surface area contributed by atoms with Gasteiger partial charge in [0.1, 0.15) is 12.6 Å². The lowest BCUT2D eigenvalue weighted by atomic mass is 10.2. The molecule has 2 aliphatic heterocycles. The van der Waals surface area contributed by atoms with Gasteiger partial charge in [-0.3, -0.25) is 14.5 Å². The van der Waals surface area contributed by atoms with Gasteiger partial charge in [-0.05, 0) is 12.8 Å². The smallest absolute Gasteiger partial charge is 0.368 e. The molecule has 1 atom stereocenters. The molecule has 0 aromatic heterocycles. The highest BCUT2D eigenvalue weighted by Crippen LogP contribution is 2.16. The summed E-state index contributed by atoms with van der Waals surface area (Å²) in [5, 5.41) is 1.84. The van der Waals surface area contributed by atoms with Gasteiger partial charge in [-0.15, -0.1) is 0 Å². The van der Waals surface area contributed by atoms with Crippen molar-refractivity contribution in [2.45, 2.75) is 25.1 Å². The van der Waals surface area contributed by atoms with Crippen LogP contribution in [0.5, 0.6) is 0 Å². The zero-order chi connectivity index (χ0) is 16.2. The number of hydrogen-bond donors (Lipinski definition) is 1. The van der Waals surface area contributed by atoms with Crippen LogP contribution in [0.3, 0.4) is 0 Å². The molecular weight excluding hydrogens is 303 g/mol. The largest absolute Gasteiger partial charge is 0.405 e. The normalized spacial score (nSPS) is 23.6. The maximum Gasteiger partial charge on any atom is 0.405 e. The van der Waals surface area contributed by atoms with E-state index in [-0.39, 0.29) is 18.6 Å². The molecule has 22 heavy (non-hydrogen) atoms. The highest BCUT2D eigenvalue weighted by atomic mass is 19.4. The van der Waals surface area contributed by atoms with Crippen molar-refractivity contribution in [3.63, 3.8) is 0 Å². The van der Waals surface area contributed by atoms with E-state index in [9.17, 15) is 22.8 Å². The number of nitrogens with zero attached hydrogens (tertiary/aromatic N) is 2. The average molecular weight is 323 g/mol. The Labute approximate surface area is 126 Å². The maximum atomic E-state index is 12.1. The minimum absolute atomic E-state index is 0.0290. The Morgan fingerprint density at radius 1 is 1.18 bits per heavy atom. The van der Waals surface area contributed by atoms with E-state index < -0.39 is 18.6 Å². The van der Waals surface area contributed by atoms with Crippen molar-refractivity contribution < 1.29 is 27.5 Å². The lowest BCUT2D eigenvalue weighted by molar-refractivity contribution is -0.143. The second-order valence-electron chi connectivity index (χ2n) is 5.50. The molecule has 0 aromatic rings. The lowest BCUT2D eigenvalue weighted by Gasteiger charge is -2.35. The third-order valence-corrected chi connectivity index (χ3v) is 3.74. The van der Waals surface area contributed by atoms with Crippen LogP contribution in [-0.2, 0) is 14.3 Å². The molecule has 6 nitrogen and oxygen atoms in total. The molecule has 2 aliphatic rings. The summed E-state index contributed by atoms with van der Waals surface area (Å²) in [5.74, 6) is -0.685. The fourth-order valence-electron chi connectivity index (χ4n) is 2.56. The van der Waals surface area contributed by atoms with Crippen LogP contribution < -0.4 is 5.32 Å². The summed E-state index contributed by atoms with van der Waals surface area (Å²) in [6, 6.07) is 0. The minimum Gasteiger partial charge on any atom is -0.368 e. The second kappa shape index (κ2) is 7.28. The number of hydrogen-bond acceptors (Lipinski definition) is 4. The van der Waals surface area contributed by atoms with E-state index in [0.29, 0.717) is 32.8 Å². The molecule has 2 heterocycles. The number of amides is 2. The summed E-state index contributed by atoms with van der Waals surface area (Å²) in [7, 11) is 0. The number of alkyl halides is 3. The van der Waals surface area contributed by atoms with Gasteiger partial charge in [-0.25, -0.2) is 0 Å². The molecule has 0 radical (unpaired) electrons. The molecule has 0 saturated carbocycles. The van der Waals surface area contributed by atoms with Crippen LogP contribution >= 0.6 is 0 Å². The van der Waals surface area contributed by atoms with Gasteiger partial charge in [0.05, 0.1) is 6.54 Å². The number of rotatable bonds is 4. The third-order valence-electron chi connectivity index (χ3n) is 3.74. The summed E-state index contributed by atoms with van der Waals surface area (Å²) >= 11 is 0. The van der Waals surface area contributed by atoms with Crippen LogP contribution in [-0.4, -0.2) is 79.8 Å². The topological polar surface area (TPSA) is 61.9 Å². The average Bonchev–Trinajstić information content (AvgIpc) is 2.99. The van der Waals surface area contributed by atoms with Gasteiger partial charge in [0.2, 0.25) is 5.91 Å². The molecule has 0 spiro atoms. The Morgan fingerprint density at radius 3 is 2.41 bits per heavy atom. The molecule has 9 heteroatoms. The highest BCUT2D eigenvalue weighted by molar-refractivity contribution is 5.81. The molecule has 1 N–H and O–H groups in total. The summed E-state index contributed by atoms with van der Waals surface area (Å²) in [4.78, 5) is 27.0. The first-order valence-corrected chi connectivity index (χ1v) is 7.31. The van der Waals surface area contributed by atoms with Crippen molar-refractivity contribution in [2.75, 3.05) is 45.9 Å². The van der Waals surface area contributed by atoms with E-state index in [0.717, 1.165) is 12.8 Å². The molecule has 2 amide bonds. The lowest BCUT2D eigenvalue weighted by Crippen LogP contribution is -2.53. The van der Waals surface area contributed by atoms with Crippen LogP contribution in [0.1, 0.15) is 12.8 Å². The summed E-state index contributed by atoms with van der Waals surface area (Å²) in [5.41, 5.74) is 0. The Hall–Kier alpha value is -1.35. The molecule has 0 bridgehead atoms. The number of piperazine rings is 1. The van der Waals surface area contributed by atoms with Gasteiger partial charge in [-0.2, -0.15) is 13.2 Å². The van der Waals surface area contributed by atoms with Crippen LogP contribution in [0.4, 0.5) is 13.2 Å². The zero-order valence-electron chi connectivity index (χ0n) is 12.2. The molecule has 1 unspecified atom stereocenters. The molecule has 2 fully saturated rings. The van der Waals surface area contributed by atoms with Crippen molar-refractivity contribution in [1.82, 2.24) is 15.1 Å². The predicted octanol–water partition coefficient (Wildman–Crippen LogP) is -0.0119. The highest BCUT2D eigenvalue weighted by Gasteiger charge is 2.31. The van der Waals surface area contributed by atoms with Gasteiger partial charge in [0, 0.05) is 32.8 Å². The number of carbonyl (C=O) groups is 2.